The number of carbonyl (C=O) groups excluding carboxylic acids is 1. The van der Waals surface area contributed by atoms with Crippen LogP contribution in [0.1, 0.15) is 35.5 Å². The molecule has 1 aliphatic rings. The molecule has 4 rings (SSSR count). The van der Waals surface area contributed by atoms with Crippen LogP contribution in [-0.4, -0.2) is 40.4 Å². The van der Waals surface area contributed by atoms with Crippen molar-refractivity contribution in [3.05, 3.63) is 75.4 Å². The van der Waals surface area contributed by atoms with Gasteiger partial charge in [-0.25, -0.2) is 9.97 Å². The lowest BCUT2D eigenvalue weighted by molar-refractivity contribution is 0.0734. The molecule has 31 heavy (non-hydrogen) atoms. The largest absolute Gasteiger partial charge is 0.357 e. The van der Waals surface area contributed by atoms with Crippen LogP contribution in [0.25, 0.3) is 11.4 Å². The molecule has 160 valence electrons. The van der Waals surface area contributed by atoms with Crippen molar-refractivity contribution in [3.8, 4) is 11.4 Å². The number of halogens is 2. The van der Waals surface area contributed by atoms with Gasteiger partial charge in [0.25, 0.3) is 5.91 Å². The van der Waals surface area contributed by atoms with Gasteiger partial charge in [-0.1, -0.05) is 53.5 Å². The summed E-state index contributed by atoms with van der Waals surface area (Å²) in [6.45, 7) is 6.90. The van der Waals surface area contributed by atoms with E-state index in [2.05, 4.69) is 18.7 Å². The Balaban J connectivity index is 1.73. The molecule has 0 N–H and O–H groups in total. The first-order chi connectivity index (χ1) is 15.0. The van der Waals surface area contributed by atoms with Crippen molar-refractivity contribution < 1.29 is 4.79 Å². The van der Waals surface area contributed by atoms with Crippen molar-refractivity contribution in [1.29, 1.82) is 0 Å². The van der Waals surface area contributed by atoms with Crippen LogP contribution in [-0.2, 0) is 13.0 Å². The van der Waals surface area contributed by atoms with E-state index in [1.54, 1.807) is 18.2 Å². The maximum atomic E-state index is 13.2. The van der Waals surface area contributed by atoms with E-state index in [-0.39, 0.29) is 5.91 Å². The topological polar surface area (TPSA) is 49.3 Å². The van der Waals surface area contributed by atoms with Crippen LogP contribution in [0.5, 0.6) is 0 Å². The van der Waals surface area contributed by atoms with Gasteiger partial charge in [-0.05, 0) is 32.0 Å². The number of nitrogens with zero attached hydrogens (tertiary/aromatic N) is 4. The first-order valence-electron chi connectivity index (χ1n) is 10.5. The van der Waals surface area contributed by atoms with Crippen LogP contribution < -0.4 is 4.90 Å². The Labute approximate surface area is 192 Å². The lowest BCUT2D eigenvalue weighted by atomic mass is 10.0. The first kappa shape index (κ1) is 21.6. The molecule has 0 saturated carbocycles. The molecule has 7 heteroatoms. The third kappa shape index (κ3) is 4.39. The zero-order valence-corrected chi connectivity index (χ0v) is 19.1. The molecule has 0 atom stereocenters. The minimum Gasteiger partial charge on any atom is -0.357 e. The van der Waals surface area contributed by atoms with Crippen molar-refractivity contribution in [3.63, 3.8) is 0 Å². The molecule has 0 aliphatic carbocycles. The second kappa shape index (κ2) is 9.25. The molecular weight excluding hydrogens is 431 g/mol. The molecule has 0 radical (unpaired) electrons. The maximum absolute atomic E-state index is 13.2. The second-order valence-corrected chi connectivity index (χ2v) is 8.28. The molecule has 1 amide bonds. The fourth-order valence-electron chi connectivity index (χ4n) is 3.90. The number of benzene rings is 2. The molecule has 1 aliphatic heterocycles. The maximum Gasteiger partial charge on any atom is 0.255 e. The lowest BCUT2D eigenvalue weighted by Crippen LogP contribution is -2.38. The van der Waals surface area contributed by atoms with E-state index in [0.717, 1.165) is 41.6 Å². The van der Waals surface area contributed by atoms with Gasteiger partial charge in [0, 0.05) is 42.2 Å². The standard InChI is InChI=1S/C24H24Cl2N4O/c1-3-29(4-2)23-19-15-30(24(31)18-11-10-17(25)14-20(18)26)13-12-21(19)27-22(28-23)16-8-6-5-7-9-16/h5-11,14H,3-4,12-13,15H2,1-2H3. The van der Waals surface area contributed by atoms with Crippen LogP contribution in [0.2, 0.25) is 10.0 Å². The lowest BCUT2D eigenvalue weighted by Gasteiger charge is -2.32. The predicted molar refractivity (Wildman–Crippen MR) is 126 cm³/mol. The Hall–Kier alpha value is -2.63. The van der Waals surface area contributed by atoms with Crippen LogP contribution in [0, 0.1) is 0 Å². The highest BCUT2D eigenvalue weighted by molar-refractivity contribution is 6.36. The average Bonchev–Trinajstić information content (AvgIpc) is 2.79. The third-order valence-electron chi connectivity index (χ3n) is 5.58. The van der Waals surface area contributed by atoms with E-state index in [1.165, 1.54) is 0 Å². The molecule has 5 nitrogen and oxygen atoms in total. The van der Waals surface area contributed by atoms with Gasteiger partial charge < -0.3 is 9.80 Å². The number of anilines is 1. The van der Waals surface area contributed by atoms with Gasteiger partial charge in [-0.3, -0.25) is 4.79 Å². The van der Waals surface area contributed by atoms with Gasteiger partial charge in [-0.15, -0.1) is 0 Å². The zero-order valence-electron chi connectivity index (χ0n) is 17.6. The second-order valence-electron chi connectivity index (χ2n) is 7.44. The van der Waals surface area contributed by atoms with Gasteiger partial charge >= 0.3 is 0 Å². The summed E-state index contributed by atoms with van der Waals surface area (Å²) >= 11 is 12.3. The molecule has 2 aromatic carbocycles. The number of hydrogen-bond donors (Lipinski definition) is 0. The third-order valence-corrected chi connectivity index (χ3v) is 6.13. The van der Waals surface area contributed by atoms with E-state index in [0.29, 0.717) is 35.1 Å². The van der Waals surface area contributed by atoms with Crippen molar-refractivity contribution in [2.75, 3.05) is 24.5 Å². The van der Waals surface area contributed by atoms with E-state index < -0.39 is 0 Å². The molecule has 2 heterocycles. The summed E-state index contributed by atoms with van der Waals surface area (Å²) in [6, 6.07) is 15.0. The summed E-state index contributed by atoms with van der Waals surface area (Å²) in [4.78, 5) is 27.0. The number of carbonyl (C=O) groups is 1. The van der Waals surface area contributed by atoms with Crippen LogP contribution >= 0.6 is 23.2 Å². The molecule has 0 saturated heterocycles. The number of hydrogen-bond acceptors (Lipinski definition) is 4. The highest BCUT2D eigenvalue weighted by Gasteiger charge is 2.28. The zero-order chi connectivity index (χ0) is 22.0. The minimum absolute atomic E-state index is 0.107. The Kier molecular flexibility index (Phi) is 6.44. The molecule has 0 spiro atoms. The molecule has 3 aromatic rings. The van der Waals surface area contributed by atoms with Crippen molar-refractivity contribution >= 4 is 34.9 Å². The summed E-state index contributed by atoms with van der Waals surface area (Å²) in [5.41, 5.74) is 3.46. The Morgan fingerprint density at radius 2 is 1.81 bits per heavy atom. The van der Waals surface area contributed by atoms with E-state index in [9.17, 15) is 4.79 Å². The van der Waals surface area contributed by atoms with Gasteiger partial charge in [0.1, 0.15) is 5.82 Å². The SMILES string of the molecule is CCN(CC)c1nc(-c2ccccc2)nc2c1CN(C(=O)c1ccc(Cl)cc1Cl)CC2. The van der Waals surface area contributed by atoms with Crippen LogP contribution in [0.4, 0.5) is 5.82 Å². The summed E-state index contributed by atoms with van der Waals surface area (Å²) in [7, 11) is 0. The number of fused-ring (bicyclic) bond motifs is 1. The Morgan fingerprint density at radius 3 is 2.48 bits per heavy atom. The predicted octanol–water partition coefficient (Wildman–Crippen LogP) is 5.50. The summed E-state index contributed by atoms with van der Waals surface area (Å²) < 4.78 is 0. The van der Waals surface area contributed by atoms with Crippen LogP contribution in [0.15, 0.2) is 48.5 Å². The fraction of sp³-hybridized carbons (Fsp3) is 0.292. The number of aromatic nitrogens is 2. The van der Waals surface area contributed by atoms with Gasteiger partial charge in [0.15, 0.2) is 5.82 Å². The quantitative estimate of drug-likeness (QED) is 0.510. The monoisotopic (exact) mass is 454 g/mol. The van der Waals surface area contributed by atoms with Crippen molar-refractivity contribution in [2.45, 2.75) is 26.8 Å². The van der Waals surface area contributed by atoms with E-state index in [4.69, 9.17) is 33.2 Å². The van der Waals surface area contributed by atoms with E-state index in [1.807, 2.05) is 35.2 Å². The summed E-state index contributed by atoms with van der Waals surface area (Å²) in [5, 5.41) is 0.874. The van der Waals surface area contributed by atoms with Crippen molar-refractivity contribution in [1.82, 2.24) is 14.9 Å². The highest BCUT2D eigenvalue weighted by atomic mass is 35.5. The Bertz CT molecular complexity index is 1100. The Morgan fingerprint density at radius 1 is 1.06 bits per heavy atom. The summed E-state index contributed by atoms with van der Waals surface area (Å²) in [6.07, 6.45) is 0.670. The fourth-order valence-corrected chi connectivity index (χ4v) is 4.39. The molecule has 0 bridgehead atoms. The molecule has 0 unspecified atom stereocenters. The number of amides is 1. The van der Waals surface area contributed by atoms with E-state index >= 15 is 0 Å². The highest BCUT2D eigenvalue weighted by Crippen LogP contribution is 2.31. The molecule has 1 aromatic heterocycles. The molecular formula is C24H24Cl2N4O. The first-order valence-corrected chi connectivity index (χ1v) is 11.2. The van der Waals surface area contributed by atoms with Gasteiger partial charge in [-0.2, -0.15) is 0 Å². The molecule has 0 fully saturated rings. The average molecular weight is 455 g/mol. The normalized spacial score (nSPS) is 13.1. The smallest absolute Gasteiger partial charge is 0.255 e. The minimum atomic E-state index is -0.107. The van der Waals surface area contributed by atoms with Crippen LogP contribution in [0.3, 0.4) is 0 Å². The van der Waals surface area contributed by atoms with Gasteiger partial charge in [0.2, 0.25) is 0 Å². The number of rotatable bonds is 5. The van der Waals surface area contributed by atoms with Gasteiger partial charge in [0.05, 0.1) is 22.8 Å². The summed E-state index contributed by atoms with van der Waals surface area (Å²) in [5.74, 6) is 1.51. The van der Waals surface area contributed by atoms with Crippen molar-refractivity contribution in [2.24, 2.45) is 0 Å².